The Morgan fingerprint density at radius 3 is 2.65 bits per heavy atom. The third-order valence-corrected chi connectivity index (χ3v) is 5.02. The highest BCUT2D eigenvalue weighted by molar-refractivity contribution is 5.95. The fraction of sp³-hybridized carbons (Fsp3) is 0.556. The summed E-state index contributed by atoms with van der Waals surface area (Å²) < 4.78 is 5.09. The second kappa shape index (κ2) is 6.71. The monoisotopic (exact) mass is 316 g/mol. The second-order valence-electron chi connectivity index (χ2n) is 6.26. The van der Waals surface area contributed by atoms with Crippen molar-refractivity contribution in [1.29, 1.82) is 0 Å². The number of carbonyl (C=O) groups is 2. The molecule has 0 spiro atoms. The van der Waals surface area contributed by atoms with Crippen LogP contribution in [0.4, 0.5) is 0 Å². The molecule has 0 aromatic heterocycles. The molecule has 0 aliphatic carbocycles. The number of rotatable bonds is 5. The van der Waals surface area contributed by atoms with Crippen molar-refractivity contribution in [2.24, 2.45) is 0 Å². The zero-order valence-corrected chi connectivity index (χ0v) is 13.8. The molecule has 2 saturated heterocycles. The minimum Gasteiger partial charge on any atom is -0.383 e. The van der Waals surface area contributed by atoms with Crippen LogP contribution in [-0.4, -0.2) is 60.5 Å². The molecule has 3 rings (SSSR count). The van der Waals surface area contributed by atoms with E-state index < -0.39 is 0 Å². The van der Waals surface area contributed by atoms with E-state index in [1.54, 1.807) is 7.11 Å². The number of hydrogen-bond donors (Lipinski definition) is 0. The molecule has 5 heteroatoms. The Kier molecular flexibility index (Phi) is 4.66. The third-order valence-electron chi connectivity index (χ3n) is 5.02. The van der Waals surface area contributed by atoms with Crippen molar-refractivity contribution in [3.63, 3.8) is 0 Å². The summed E-state index contributed by atoms with van der Waals surface area (Å²) >= 11 is 0. The molecule has 2 aliphatic heterocycles. The van der Waals surface area contributed by atoms with E-state index in [1.807, 2.05) is 34.1 Å². The van der Waals surface area contributed by atoms with E-state index in [1.165, 1.54) is 5.56 Å². The van der Waals surface area contributed by atoms with Crippen molar-refractivity contribution in [3.8, 4) is 0 Å². The summed E-state index contributed by atoms with van der Waals surface area (Å²) in [6.07, 6.45) is 2.26. The number of ether oxygens (including phenoxy) is 1. The molecule has 2 heterocycles. The highest BCUT2D eigenvalue weighted by atomic mass is 16.5. The first-order valence-electron chi connectivity index (χ1n) is 8.34. The normalized spacial score (nSPS) is 23.5. The zero-order valence-electron chi connectivity index (χ0n) is 13.8. The maximum absolute atomic E-state index is 12.8. The first-order valence-corrected chi connectivity index (χ1v) is 8.34. The van der Waals surface area contributed by atoms with Gasteiger partial charge in [0.2, 0.25) is 5.91 Å². The number of nitrogens with zero attached hydrogens (tertiary/aromatic N) is 2. The van der Waals surface area contributed by atoms with Gasteiger partial charge in [-0.2, -0.15) is 0 Å². The molecule has 0 bridgehead atoms. The quantitative estimate of drug-likeness (QED) is 0.831. The Labute approximate surface area is 137 Å². The summed E-state index contributed by atoms with van der Waals surface area (Å²) in [5.41, 5.74) is 1.94. The predicted octanol–water partition coefficient (Wildman–Crippen LogP) is 1.71. The van der Waals surface area contributed by atoms with Crippen molar-refractivity contribution in [2.75, 3.05) is 26.8 Å². The van der Waals surface area contributed by atoms with Crippen LogP contribution in [0.2, 0.25) is 0 Å². The number of methoxy groups -OCH3 is 1. The first-order chi connectivity index (χ1) is 11.2. The summed E-state index contributed by atoms with van der Waals surface area (Å²) in [4.78, 5) is 28.8. The predicted molar refractivity (Wildman–Crippen MR) is 87.3 cm³/mol. The molecule has 5 nitrogen and oxygen atoms in total. The van der Waals surface area contributed by atoms with Gasteiger partial charge in [0.05, 0.1) is 18.7 Å². The summed E-state index contributed by atoms with van der Waals surface area (Å²) in [5, 5.41) is 0. The highest BCUT2D eigenvalue weighted by Gasteiger charge is 2.48. The molecule has 1 aromatic carbocycles. The van der Waals surface area contributed by atoms with Crippen LogP contribution in [0.25, 0.3) is 0 Å². The summed E-state index contributed by atoms with van der Waals surface area (Å²) in [7, 11) is 1.64. The van der Waals surface area contributed by atoms with Gasteiger partial charge in [0.25, 0.3) is 5.91 Å². The second-order valence-corrected chi connectivity index (χ2v) is 6.26. The molecule has 0 unspecified atom stereocenters. The molecule has 0 saturated carbocycles. The number of carbonyl (C=O) groups excluding carboxylic acids is 2. The Bertz CT molecular complexity index is 584. The Balaban J connectivity index is 1.72. The van der Waals surface area contributed by atoms with Gasteiger partial charge in [-0.3, -0.25) is 9.59 Å². The minimum atomic E-state index is 0.0118. The molecule has 2 amide bonds. The van der Waals surface area contributed by atoms with Crippen molar-refractivity contribution < 1.29 is 14.3 Å². The van der Waals surface area contributed by atoms with Crippen LogP contribution in [0.3, 0.4) is 0 Å². The minimum absolute atomic E-state index is 0.0118. The van der Waals surface area contributed by atoms with E-state index in [0.29, 0.717) is 25.1 Å². The maximum atomic E-state index is 12.8. The summed E-state index contributed by atoms with van der Waals surface area (Å²) in [6, 6.07) is 7.97. The van der Waals surface area contributed by atoms with Gasteiger partial charge in [-0.05, 0) is 30.5 Å². The van der Waals surface area contributed by atoms with E-state index in [9.17, 15) is 9.59 Å². The lowest BCUT2D eigenvalue weighted by molar-refractivity contribution is -0.129. The molecular formula is C18H24N2O3. The van der Waals surface area contributed by atoms with Crippen molar-refractivity contribution in [3.05, 3.63) is 35.4 Å². The van der Waals surface area contributed by atoms with Gasteiger partial charge in [0.15, 0.2) is 0 Å². The molecule has 2 atom stereocenters. The van der Waals surface area contributed by atoms with Gasteiger partial charge in [0, 0.05) is 32.2 Å². The molecule has 23 heavy (non-hydrogen) atoms. The number of likely N-dealkylation sites (tertiary alicyclic amines) is 2. The molecule has 1 aromatic rings. The zero-order chi connectivity index (χ0) is 16.4. The Hall–Kier alpha value is -1.88. The molecular weight excluding hydrogens is 292 g/mol. The van der Waals surface area contributed by atoms with Gasteiger partial charge >= 0.3 is 0 Å². The number of hydrogen-bond acceptors (Lipinski definition) is 3. The summed E-state index contributed by atoms with van der Waals surface area (Å²) in [5.74, 6) is 0.178. The van der Waals surface area contributed by atoms with E-state index in [0.717, 1.165) is 19.4 Å². The maximum Gasteiger partial charge on any atom is 0.254 e. The van der Waals surface area contributed by atoms with E-state index >= 15 is 0 Å². The lowest BCUT2D eigenvalue weighted by Gasteiger charge is -2.25. The lowest BCUT2D eigenvalue weighted by Crippen LogP contribution is -2.40. The SMILES string of the molecule is CCc1ccc(C(=O)N2CC[C@@H]3[C@H]2CC(=O)N3CCOC)cc1. The average molecular weight is 316 g/mol. The van der Waals surface area contributed by atoms with Gasteiger partial charge in [-0.15, -0.1) is 0 Å². The fourth-order valence-electron chi connectivity index (χ4n) is 3.71. The summed E-state index contributed by atoms with van der Waals surface area (Å²) in [6.45, 7) is 3.98. The van der Waals surface area contributed by atoms with Crippen LogP contribution in [0, 0.1) is 0 Å². The average Bonchev–Trinajstić information content (AvgIpc) is 3.11. The van der Waals surface area contributed by atoms with Crippen molar-refractivity contribution in [1.82, 2.24) is 9.80 Å². The van der Waals surface area contributed by atoms with E-state index in [2.05, 4.69) is 6.92 Å². The Morgan fingerprint density at radius 2 is 2.00 bits per heavy atom. The fourth-order valence-corrected chi connectivity index (χ4v) is 3.71. The van der Waals surface area contributed by atoms with Gasteiger partial charge in [-0.1, -0.05) is 19.1 Å². The number of fused-ring (bicyclic) bond motifs is 1. The van der Waals surface area contributed by atoms with E-state index in [-0.39, 0.29) is 23.9 Å². The van der Waals surface area contributed by atoms with Crippen LogP contribution in [0.15, 0.2) is 24.3 Å². The van der Waals surface area contributed by atoms with Crippen molar-refractivity contribution >= 4 is 11.8 Å². The van der Waals surface area contributed by atoms with Crippen LogP contribution in [-0.2, 0) is 16.0 Å². The molecule has 2 fully saturated rings. The molecule has 0 N–H and O–H groups in total. The number of aryl methyl sites for hydroxylation is 1. The van der Waals surface area contributed by atoms with Crippen molar-refractivity contribution in [2.45, 2.75) is 38.3 Å². The van der Waals surface area contributed by atoms with Crippen LogP contribution >= 0.6 is 0 Å². The lowest BCUT2D eigenvalue weighted by atomic mass is 10.1. The first kappa shape index (κ1) is 16.0. The van der Waals surface area contributed by atoms with Crippen LogP contribution in [0.1, 0.15) is 35.7 Å². The van der Waals surface area contributed by atoms with Gasteiger partial charge < -0.3 is 14.5 Å². The van der Waals surface area contributed by atoms with Crippen LogP contribution in [0.5, 0.6) is 0 Å². The Morgan fingerprint density at radius 1 is 1.26 bits per heavy atom. The topological polar surface area (TPSA) is 49.9 Å². The highest BCUT2D eigenvalue weighted by Crippen LogP contribution is 2.33. The van der Waals surface area contributed by atoms with E-state index in [4.69, 9.17) is 4.74 Å². The van der Waals surface area contributed by atoms with Gasteiger partial charge in [0.1, 0.15) is 0 Å². The molecule has 0 radical (unpaired) electrons. The smallest absolute Gasteiger partial charge is 0.254 e. The van der Waals surface area contributed by atoms with Crippen LogP contribution < -0.4 is 0 Å². The molecule has 124 valence electrons. The largest absolute Gasteiger partial charge is 0.383 e. The van der Waals surface area contributed by atoms with Gasteiger partial charge in [-0.25, -0.2) is 0 Å². The third kappa shape index (κ3) is 2.98. The molecule has 2 aliphatic rings. The number of amides is 2. The number of benzene rings is 1. The standard InChI is InChI=1S/C18H24N2O3/c1-3-13-4-6-14(7-5-13)18(22)20-9-8-15-16(20)12-17(21)19(15)10-11-23-2/h4-7,15-16H,3,8-12H2,1-2H3/t15-,16-/m1/s1.